The van der Waals surface area contributed by atoms with Crippen molar-refractivity contribution < 1.29 is 4.39 Å². The van der Waals surface area contributed by atoms with Crippen LogP contribution in [0.25, 0.3) is 0 Å². The maximum atomic E-state index is 13.1. The molecular weight excluding hydrogens is 253 g/mol. The Morgan fingerprint density at radius 3 is 2.67 bits per heavy atom. The summed E-state index contributed by atoms with van der Waals surface area (Å²) < 4.78 is 13.1. The minimum absolute atomic E-state index is 0.0128. The van der Waals surface area contributed by atoms with Crippen molar-refractivity contribution in [1.29, 1.82) is 0 Å². The number of rotatable bonds is 4. The lowest BCUT2D eigenvalue weighted by molar-refractivity contribution is 0.130. The summed E-state index contributed by atoms with van der Waals surface area (Å²) in [7, 11) is 0. The third-order valence-corrected chi connectivity index (χ3v) is 3.57. The van der Waals surface area contributed by atoms with Crippen LogP contribution in [0, 0.1) is 5.82 Å². The maximum Gasteiger partial charge on any atom is 0.141 e. The van der Waals surface area contributed by atoms with Crippen molar-refractivity contribution in [2.24, 2.45) is 5.73 Å². The highest BCUT2D eigenvalue weighted by molar-refractivity contribution is 6.30. The fourth-order valence-electron chi connectivity index (χ4n) is 2.24. The summed E-state index contributed by atoms with van der Waals surface area (Å²) in [6.07, 6.45) is 3.69. The van der Waals surface area contributed by atoms with Gasteiger partial charge in [-0.1, -0.05) is 24.1 Å². The van der Waals surface area contributed by atoms with Crippen molar-refractivity contribution in [2.45, 2.75) is 25.3 Å². The average molecular weight is 272 g/mol. The fourth-order valence-corrected chi connectivity index (χ4v) is 2.42. The third-order valence-electron chi connectivity index (χ3n) is 3.28. The van der Waals surface area contributed by atoms with Crippen LogP contribution < -0.4 is 11.2 Å². The van der Waals surface area contributed by atoms with E-state index in [2.05, 4.69) is 10.4 Å². The molecule has 1 heterocycles. The van der Waals surface area contributed by atoms with Gasteiger partial charge in [-0.15, -0.1) is 0 Å². The summed E-state index contributed by atoms with van der Waals surface area (Å²) in [4.78, 5) is 0. The SMILES string of the molecule is NCC(NN1CCCCC1)c1ccc(F)c(Cl)c1. The van der Waals surface area contributed by atoms with E-state index in [0.717, 1.165) is 18.7 Å². The predicted octanol–water partition coefficient (Wildman–Crippen LogP) is 2.47. The summed E-state index contributed by atoms with van der Waals surface area (Å²) in [5, 5.41) is 2.34. The van der Waals surface area contributed by atoms with E-state index in [4.69, 9.17) is 17.3 Å². The summed E-state index contributed by atoms with van der Waals surface area (Å²) >= 11 is 5.80. The van der Waals surface area contributed by atoms with E-state index < -0.39 is 5.82 Å². The first-order valence-corrected chi connectivity index (χ1v) is 6.74. The predicted molar refractivity (Wildman–Crippen MR) is 71.8 cm³/mol. The molecule has 0 spiro atoms. The van der Waals surface area contributed by atoms with Crippen LogP contribution in [0.2, 0.25) is 5.02 Å². The van der Waals surface area contributed by atoms with Gasteiger partial charge in [0.2, 0.25) is 0 Å². The van der Waals surface area contributed by atoms with Crippen LogP contribution in [0.3, 0.4) is 0 Å². The molecule has 1 atom stereocenters. The molecule has 18 heavy (non-hydrogen) atoms. The van der Waals surface area contributed by atoms with Gasteiger partial charge in [0.1, 0.15) is 5.82 Å². The Labute approximate surface area is 112 Å². The summed E-state index contributed by atoms with van der Waals surface area (Å²) in [6.45, 7) is 2.52. The molecule has 3 nitrogen and oxygen atoms in total. The lowest BCUT2D eigenvalue weighted by atomic mass is 10.1. The van der Waals surface area contributed by atoms with Crippen molar-refractivity contribution in [3.05, 3.63) is 34.6 Å². The molecule has 1 fully saturated rings. The number of hydrogen-bond donors (Lipinski definition) is 2. The number of nitrogens with zero attached hydrogens (tertiary/aromatic N) is 1. The first-order valence-electron chi connectivity index (χ1n) is 6.37. The first kappa shape index (κ1) is 13.7. The van der Waals surface area contributed by atoms with Crippen LogP contribution in [0.5, 0.6) is 0 Å². The van der Waals surface area contributed by atoms with Gasteiger partial charge >= 0.3 is 0 Å². The largest absolute Gasteiger partial charge is 0.329 e. The number of hydrazine groups is 1. The number of nitrogens with two attached hydrogens (primary N) is 1. The Morgan fingerprint density at radius 1 is 1.33 bits per heavy atom. The van der Waals surface area contributed by atoms with E-state index in [1.165, 1.54) is 25.3 Å². The van der Waals surface area contributed by atoms with Crippen molar-refractivity contribution in [2.75, 3.05) is 19.6 Å². The number of hydrogen-bond acceptors (Lipinski definition) is 3. The molecule has 5 heteroatoms. The Hall–Kier alpha value is -0.680. The molecule has 3 N–H and O–H groups in total. The molecule has 0 bridgehead atoms. The van der Waals surface area contributed by atoms with Gasteiger partial charge in [0.25, 0.3) is 0 Å². The van der Waals surface area contributed by atoms with Crippen molar-refractivity contribution in [1.82, 2.24) is 10.4 Å². The van der Waals surface area contributed by atoms with Gasteiger partial charge in [0, 0.05) is 19.6 Å². The molecule has 1 unspecified atom stereocenters. The summed E-state index contributed by atoms with van der Waals surface area (Å²) in [5.41, 5.74) is 10.1. The van der Waals surface area contributed by atoms with Gasteiger partial charge in [-0.25, -0.2) is 14.8 Å². The van der Waals surface area contributed by atoms with Crippen molar-refractivity contribution in [3.8, 4) is 0 Å². The molecule has 1 aliphatic rings. The standard InChI is InChI=1S/C13H19ClFN3/c14-11-8-10(4-5-12(11)15)13(9-16)17-18-6-2-1-3-7-18/h4-5,8,13,17H,1-3,6-7,9,16H2. The van der Waals surface area contributed by atoms with E-state index in [0.29, 0.717) is 6.54 Å². The van der Waals surface area contributed by atoms with Gasteiger partial charge in [-0.2, -0.15) is 0 Å². The second kappa shape index (κ2) is 6.48. The monoisotopic (exact) mass is 271 g/mol. The first-order chi connectivity index (χ1) is 8.70. The van der Waals surface area contributed by atoms with E-state index in [-0.39, 0.29) is 11.1 Å². The Kier molecular flexibility index (Phi) is 4.95. The van der Waals surface area contributed by atoms with E-state index in [1.54, 1.807) is 12.1 Å². The minimum Gasteiger partial charge on any atom is -0.329 e. The number of nitrogens with one attached hydrogen (secondary N) is 1. The van der Waals surface area contributed by atoms with Crippen molar-refractivity contribution in [3.63, 3.8) is 0 Å². The molecular formula is C13H19ClFN3. The van der Waals surface area contributed by atoms with E-state index in [9.17, 15) is 4.39 Å². The lowest BCUT2D eigenvalue weighted by Gasteiger charge is -2.31. The maximum absolute atomic E-state index is 13.1. The zero-order valence-corrected chi connectivity index (χ0v) is 11.1. The van der Waals surface area contributed by atoms with Crippen LogP contribution in [-0.4, -0.2) is 24.6 Å². The molecule has 100 valence electrons. The van der Waals surface area contributed by atoms with Crippen LogP contribution in [0.1, 0.15) is 30.9 Å². The lowest BCUT2D eigenvalue weighted by Crippen LogP contribution is -2.45. The molecule has 0 aliphatic carbocycles. The quantitative estimate of drug-likeness (QED) is 0.884. The Balaban J connectivity index is 2.04. The Morgan fingerprint density at radius 2 is 2.06 bits per heavy atom. The fraction of sp³-hybridized carbons (Fsp3) is 0.538. The third kappa shape index (κ3) is 3.42. The molecule has 0 saturated carbocycles. The van der Waals surface area contributed by atoms with Crippen LogP contribution in [0.4, 0.5) is 4.39 Å². The van der Waals surface area contributed by atoms with E-state index in [1.807, 2.05) is 0 Å². The zero-order valence-electron chi connectivity index (χ0n) is 10.3. The van der Waals surface area contributed by atoms with Gasteiger partial charge in [0.05, 0.1) is 11.1 Å². The van der Waals surface area contributed by atoms with Crippen LogP contribution in [0.15, 0.2) is 18.2 Å². The highest BCUT2D eigenvalue weighted by Crippen LogP contribution is 2.21. The molecule has 2 rings (SSSR count). The van der Waals surface area contributed by atoms with Gasteiger partial charge in [0.15, 0.2) is 0 Å². The normalized spacial score (nSPS) is 18.8. The summed E-state index contributed by atoms with van der Waals surface area (Å²) in [6, 6.07) is 4.75. The minimum atomic E-state index is -0.394. The smallest absolute Gasteiger partial charge is 0.141 e. The molecule has 0 aromatic heterocycles. The molecule has 1 saturated heterocycles. The number of halogens is 2. The van der Waals surface area contributed by atoms with E-state index >= 15 is 0 Å². The zero-order chi connectivity index (χ0) is 13.0. The average Bonchev–Trinajstić information content (AvgIpc) is 2.40. The van der Waals surface area contributed by atoms with Crippen LogP contribution >= 0.6 is 11.6 Å². The molecule has 0 amide bonds. The number of benzene rings is 1. The molecule has 1 aromatic carbocycles. The second-order valence-corrected chi connectivity index (χ2v) is 5.05. The summed E-state index contributed by atoms with van der Waals surface area (Å²) in [5.74, 6) is -0.394. The van der Waals surface area contributed by atoms with Crippen molar-refractivity contribution >= 4 is 11.6 Å². The number of piperidine rings is 1. The van der Waals surface area contributed by atoms with Gasteiger partial charge in [-0.3, -0.25) is 0 Å². The molecule has 1 aliphatic heterocycles. The topological polar surface area (TPSA) is 41.3 Å². The van der Waals surface area contributed by atoms with Gasteiger partial charge in [-0.05, 0) is 30.5 Å². The molecule has 1 aromatic rings. The Bertz CT molecular complexity index is 394. The molecule has 0 radical (unpaired) electrons. The van der Waals surface area contributed by atoms with Crippen LogP contribution in [-0.2, 0) is 0 Å². The highest BCUT2D eigenvalue weighted by Gasteiger charge is 2.16. The second-order valence-electron chi connectivity index (χ2n) is 4.64. The highest BCUT2D eigenvalue weighted by atomic mass is 35.5. The van der Waals surface area contributed by atoms with Gasteiger partial charge < -0.3 is 5.73 Å².